The van der Waals surface area contributed by atoms with E-state index in [4.69, 9.17) is 28.6 Å². The molecule has 0 atom stereocenters. The second-order valence-electron chi connectivity index (χ2n) is 5.54. The van der Waals surface area contributed by atoms with Crippen molar-refractivity contribution in [1.29, 1.82) is 0 Å². The van der Waals surface area contributed by atoms with Crippen molar-refractivity contribution in [2.45, 2.75) is 5.88 Å². The Morgan fingerprint density at radius 3 is 2.67 bits per heavy atom. The van der Waals surface area contributed by atoms with E-state index in [0.717, 1.165) is 28.6 Å². The van der Waals surface area contributed by atoms with Gasteiger partial charge in [-0.3, -0.25) is 4.79 Å². The van der Waals surface area contributed by atoms with Crippen LogP contribution in [-0.4, -0.2) is 33.7 Å². The summed E-state index contributed by atoms with van der Waals surface area (Å²) in [5, 5.41) is 15.4. The molecular formula is C19H15ClN2O3S2. The molecular weight excluding hydrogens is 404 g/mol. The molecule has 0 spiro atoms. The fourth-order valence-electron chi connectivity index (χ4n) is 2.31. The minimum atomic E-state index is -0.337. The molecule has 2 aromatic rings. The van der Waals surface area contributed by atoms with Gasteiger partial charge in [0.2, 0.25) is 0 Å². The first-order valence-corrected chi connectivity index (χ1v) is 9.61. The first-order chi connectivity index (χ1) is 13.0. The number of amides is 1. The van der Waals surface area contributed by atoms with E-state index in [-0.39, 0.29) is 11.7 Å². The molecule has 0 aromatic heterocycles. The van der Waals surface area contributed by atoms with Gasteiger partial charge in [0.25, 0.3) is 5.91 Å². The van der Waals surface area contributed by atoms with Crippen LogP contribution in [0.1, 0.15) is 16.7 Å². The molecule has 8 heteroatoms. The number of thiocarbonyl (C=S) groups is 1. The van der Waals surface area contributed by atoms with Gasteiger partial charge >= 0.3 is 0 Å². The number of carbonyl (C=O) groups is 1. The number of alkyl halides is 1. The average molecular weight is 419 g/mol. The zero-order chi connectivity index (χ0) is 19.4. The maximum Gasteiger partial charge on any atom is 0.286 e. The Labute approximate surface area is 171 Å². The van der Waals surface area contributed by atoms with E-state index in [1.54, 1.807) is 49.7 Å². The summed E-state index contributed by atoms with van der Waals surface area (Å²) in [6, 6.07) is 12.3. The number of phenolic OH excluding ortho intramolecular Hbond substituents is 1. The first-order valence-electron chi connectivity index (χ1n) is 7.85. The predicted molar refractivity (Wildman–Crippen MR) is 113 cm³/mol. The largest absolute Gasteiger partial charge is 0.507 e. The van der Waals surface area contributed by atoms with Crippen LogP contribution < -0.4 is 4.74 Å². The molecule has 1 amide bonds. The van der Waals surface area contributed by atoms with E-state index >= 15 is 0 Å². The standard InChI is InChI=1S/C19H15ClN2O3S2/c1-25-15-6-3-12(4-7-15)11-21-22-18(24)17(27-19(22)26)9-14-5-2-13(10-20)8-16(14)23/h2-9,11,23H,10H2,1H3. The average Bonchev–Trinajstić information content (AvgIpc) is 2.95. The third-order valence-electron chi connectivity index (χ3n) is 3.75. The molecule has 0 saturated carbocycles. The summed E-state index contributed by atoms with van der Waals surface area (Å²) in [4.78, 5) is 13.0. The lowest BCUT2D eigenvalue weighted by molar-refractivity contribution is -0.122. The van der Waals surface area contributed by atoms with Gasteiger partial charge < -0.3 is 9.84 Å². The molecule has 0 unspecified atom stereocenters. The lowest BCUT2D eigenvalue weighted by atomic mass is 10.1. The fraction of sp³-hybridized carbons (Fsp3) is 0.105. The maximum absolute atomic E-state index is 12.6. The number of thioether (sulfide) groups is 1. The van der Waals surface area contributed by atoms with Gasteiger partial charge in [0.1, 0.15) is 11.5 Å². The molecule has 3 rings (SSSR count). The van der Waals surface area contributed by atoms with Crippen LogP contribution in [0.15, 0.2) is 52.5 Å². The van der Waals surface area contributed by atoms with Crippen molar-refractivity contribution in [2.24, 2.45) is 5.10 Å². The minimum absolute atomic E-state index is 0.0557. The summed E-state index contributed by atoms with van der Waals surface area (Å²) in [5.74, 6) is 0.757. The van der Waals surface area contributed by atoms with E-state index in [2.05, 4.69) is 5.10 Å². The predicted octanol–water partition coefficient (Wildman–Crippen LogP) is 4.37. The highest BCUT2D eigenvalue weighted by Crippen LogP contribution is 2.34. The highest BCUT2D eigenvalue weighted by atomic mass is 35.5. The van der Waals surface area contributed by atoms with Crippen molar-refractivity contribution in [1.82, 2.24) is 5.01 Å². The molecule has 0 aliphatic carbocycles. The number of carbonyl (C=O) groups excluding carboxylic acids is 1. The Morgan fingerprint density at radius 1 is 1.30 bits per heavy atom. The van der Waals surface area contributed by atoms with Crippen molar-refractivity contribution in [3.05, 3.63) is 64.1 Å². The van der Waals surface area contributed by atoms with Gasteiger partial charge in [0.05, 0.1) is 18.2 Å². The number of hydrogen-bond donors (Lipinski definition) is 1. The van der Waals surface area contributed by atoms with Gasteiger partial charge in [-0.05, 0) is 59.8 Å². The zero-order valence-electron chi connectivity index (χ0n) is 14.3. The van der Waals surface area contributed by atoms with E-state index in [1.165, 1.54) is 5.01 Å². The van der Waals surface area contributed by atoms with E-state index in [0.29, 0.717) is 20.7 Å². The van der Waals surface area contributed by atoms with Gasteiger partial charge in [0, 0.05) is 11.4 Å². The first kappa shape index (κ1) is 19.4. The molecule has 27 heavy (non-hydrogen) atoms. The number of hydrazone groups is 1. The summed E-state index contributed by atoms with van der Waals surface area (Å²) in [6.07, 6.45) is 3.15. The van der Waals surface area contributed by atoms with Crippen molar-refractivity contribution in [3.8, 4) is 11.5 Å². The lowest BCUT2D eigenvalue weighted by Crippen LogP contribution is -2.22. The van der Waals surface area contributed by atoms with Gasteiger partial charge in [-0.1, -0.05) is 23.9 Å². The summed E-state index contributed by atoms with van der Waals surface area (Å²) >= 11 is 12.1. The van der Waals surface area contributed by atoms with Crippen molar-refractivity contribution < 1.29 is 14.6 Å². The summed E-state index contributed by atoms with van der Waals surface area (Å²) in [6.45, 7) is 0. The Bertz CT molecular complexity index is 942. The highest BCUT2D eigenvalue weighted by molar-refractivity contribution is 8.26. The number of methoxy groups -OCH3 is 1. The Kier molecular flexibility index (Phi) is 6.15. The monoisotopic (exact) mass is 418 g/mol. The van der Waals surface area contributed by atoms with E-state index in [9.17, 15) is 9.90 Å². The normalized spacial score (nSPS) is 15.9. The third kappa shape index (κ3) is 4.50. The Balaban J connectivity index is 1.79. The third-order valence-corrected chi connectivity index (χ3v) is 5.34. The molecule has 138 valence electrons. The fourth-order valence-corrected chi connectivity index (χ4v) is 3.64. The number of aromatic hydroxyl groups is 1. The Hall–Kier alpha value is -2.35. The highest BCUT2D eigenvalue weighted by Gasteiger charge is 2.32. The van der Waals surface area contributed by atoms with Crippen LogP contribution in [0, 0.1) is 0 Å². The van der Waals surface area contributed by atoms with Crippen molar-refractivity contribution >= 4 is 58.1 Å². The molecule has 0 bridgehead atoms. The van der Waals surface area contributed by atoms with Crippen LogP contribution in [0.25, 0.3) is 6.08 Å². The molecule has 5 nitrogen and oxygen atoms in total. The molecule has 1 fully saturated rings. The number of halogens is 1. The summed E-state index contributed by atoms with van der Waals surface area (Å²) in [7, 11) is 1.59. The summed E-state index contributed by atoms with van der Waals surface area (Å²) < 4.78 is 5.43. The van der Waals surface area contributed by atoms with Gasteiger partial charge in [-0.15, -0.1) is 11.6 Å². The number of nitrogens with zero attached hydrogens (tertiary/aromatic N) is 2. The van der Waals surface area contributed by atoms with Gasteiger partial charge in [-0.2, -0.15) is 10.1 Å². The van der Waals surface area contributed by atoms with E-state index < -0.39 is 0 Å². The van der Waals surface area contributed by atoms with Crippen LogP contribution in [0.4, 0.5) is 0 Å². The molecule has 2 aromatic carbocycles. The van der Waals surface area contributed by atoms with Crippen LogP contribution in [-0.2, 0) is 10.7 Å². The number of phenols is 1. The molecule has 1 aliphatic heterocycles. The van der Waals surface area contributed by atoms with Crippen LogP contribution in [0.3, 0.4) is 0 Å². The minimum Gasteiger partial charge on any atom is -0.507 e. The van der Waals surface area contributed by atoms with Crippen molar-refractivity contribution in [3.63, 3.8) is 0 Å². The molecule has 1 aliphatic rings. The second kappa shape index (κ2) is 8.56. The summed E-state index contributed by atoms with van der Waals surface area (Å²) in [5.41, 5.74) is 2.12. The molecule has 0 radical (unpaired) electrons. The quantitative estimate of drug-likeness (QED) is 0.338. The molecule has 1 heterocycles. The lowest BCUT2D eigenvalue weighted by Gasteiger charge is -2.06. The number of benzene rings is 2. The Morgan fingerprint density at radius 2 is 2.04 bits per heavy atom. The van der Waals surface area contributed by atoms with Crippen LogP contribution in [0.5, 0.6) is 11.5 Å². The topological polar surface area (TPSA) is 62.1 Å². The van der Waals surface area contributed by atoms with Crippen molar-refractivity contribution in [2.75, 3.05) is 7.11 Å². The second-order valence-corrected chi connectivity index (χ2v) is 7.48. The van der Waals surface area contributed by atoms with Gasteiger partial charge in [0.15, 0.2) is 4.32 Å². The van der Waals surface area contributed by atoms with E-state index in [1.807, 2.05) is 12.1 Å². The molecule has 1 saturated heterocycles. The zero-order valence-corrected chi connectivity index (χ0v) is 16.6. The van der Waals surface area contributed by atoms with Crippen LogP contribution >= 0.6 is 35.6 Å². The van der Waals surface area contributed by atoms with Crippen LogP contribution in [0.2, 0.25) is 0 Å². The molecule has 1 N–H and O–H groups in total. The smallest absolute Gasteiger partial charge is 0.286 e. The number of ether oxygens (including phenoxy) is 1. The SMILES string of the molecule is COc1ccc(C=NN2C(=O)C(=Cc3ccc(CCl)cc3O)SC2=S)cc1. The number of hydrogen-bond acceptors (Lipinski definition) is 6. The maximum atomic E-state index is 12.6. The van der Waals surface area contributed by atoms with Gasteiger partial charge in [-0.25, -0.2) is 0 Å². The number of rotatable bonds is 5.